The van der Waals surface area contributed by atoms with Gasteiger partial charge in [-0.1, -0.05) is 11.6 Å². The second-order valence-electron chi connectivity index (χ2n) is 5.03. The number of carbonyl (C=O) groups excluding carboxylic acids is 2. The molecule has 114 valence electrons. The molecule has 0 spiro atoms. The van der Waals surface area contributed by atoms with E-state index in [1.165, 1.54) is 12.3 Å². The van der Waals surface area contributed by atoms with Crippen molar-refractivity contribution in [1.82, 2.24) is 4.98 Å². The van der Waals surface area contributed by atoms with Crippen LogP contribution in [0.3, 0.4) is 0 Å². The highest BCUT2D eigenvalue weighted by Gasteiger charge is 2.38. The molecular weight excluding hydrogens is 296 g/mol. The predicted molar refractivity (Wildman–Crippen MR) is 77.9 cm³/mol. The SMILES string of the molecule is NC(=O)c1cnc(NCC2(C(N)=O)CCOCC2)c(Cl)c1. The smallest absolute Gasteiger partial charge is 0.250 e. The molecule has 1 aromatic heterocycles. The summed E-state index contributed by atoms with van der Waals surface area (Å²) in [6, 6.07) is 1.43. The van der Waals surface area contributed by atoms with Crippen LogP contribution in [0.25, 0.3) is 0 Å². The van der Waals surface area contributed by atoms with E-state index in [4.69, 9.17) is 27.8 Å². The molecule has 2 rings (SSSR count). The molecule has 0 unspecified atom stereocenters. The lowest BCUT2D eigenvalue weighted by molar-refractivity contribution is -0.132. The van der Waals surface area contributed by atoms with E-state index in [-0.39, 0.29) is 16.5 Å². The number of rotatable bonds is 5. The molecule has 1 aromatic rings. The average Bonchev–Trinajstić information content (AvgIpc) is 2.46. The van der Waals surface area contributed by atoms with Gasteiger partial charge in [0.25, 0.3) is 0 Å². The lowest BCUT2D eigenvalue weighted by atomic mass is 9.79. The standard InChI is InChI=1S/C13H17ClN4O3/c14-9-5-8(10(15)19)6-17-11(9)18-7-13(12(16)20)1-3-21-4-2-13/h5-6H,1-4,7H2,(H2,15,19)(H2,16,20)(H,17,18). The molecule has 2 amide bonds. The summed E-state index contributed by atoms with van der Waals surface area (Å²) < 4.78 is 5.26. The van der Waals surface area contributed by atoms with Crippen molar-refractivity contribution in [3.8, 4) is 0 Å². The van der Waals surface area contributed by atoms with Crippen LogP contribution < -0.4 is 16.8 Å². The van der Waals surface area contributed by atoms with Gasteiger partial charge in [-0.25, -0.2) is 4.98 Å². The number of hydrogen-bond donors (Lipinski definition) is 3. The van der Waals surface area contributed by atoms with Crippen LogP contribution in [0.4, 0.5) is 5.82 Å². The maximum Gasteiger partial charge on any atom is 0.250 e. The van der Waals surface area contributed by atoms with Crippen LogP contribution in [-0.2, 0) is 9.53 Å². The number of hydrogen-bond acceptors (Lipinski definition) is 5. The van der Waals surface area contributed by atoms with Crippen molar-refractivity contribution in [1.29, 1.82) is 0 Å². The minimum absolute atomic E-state index is 0.223. The van der Waals surface area contributed by atoms with Crippen molar-refractivity contribution >= 4 is 29.2 Å². The third-order valence-corrected chi connectivity index (χ3v) is 3.98. The van der Waals surface area contributed by atoms with Gasteiger partial charge >= 0.3 is 0 Å². The normalized spacial score (nSPS) is 17.2. The third kappa shape index (κ3) is 3.43. The molecule has 2 heterocycles. The highest BCUT2D eigenvalue weighted by molar-refractivity contribution is 6.33. The molecule has 8 heteroatoms. The fourth-order valence-electron chi connectivity index (χ4n) is 2.23. The molecule has 1 aliphatic rings. The van der Waals surface area contributed by atoms with Gasteiger partial charge in [0.2, 0.25) is 11.8 Å². The number of amides is 2. The van der Waals surface area contributed by atoms with Crippen molar-refractivity contribution in [2.24, 2.45) is 16.9 Å². The van der Waals surface area contributed by atoms with Crippen molar-refractivity contribution in [3.63, 3.8) is 0 Å². The van der Waals surface area contributed by atoms with E-state index in [1.54, 1.807) is 0 Å². The van der Waals surface area contributed by atoms with E-state index in [2.05, 4.69) is 10.3 Å². The second-order valence-corrected chi connectivity index (χ2v) is 5.44. The summed E-state index contributed by atoms with van der Waals surface area (Å²) in [5, 5.41) is 3.28. The minimum Gasteiger partial charge on any atom is -0.381 e. The molecule has 0 atom stereocenters. The molecule has 0 bridgehead atoms. The summed E-state index contributed by atoms with van der Waals surface area (Å²) >= 11 is 6.04. The van der Waals surface area contributed by atoms with Gasteiger partial charge in [0.1, 0.15) is 5.82 Å². The zero-order valence-electron chi connectivity index (χ0n) is 11.4. The van der Waals surface area contributed by atoms with E-state index in [0.717, 1.165) is 0 Å². The molecule has 7 nitrogen and oxygen atoms in total. The first-order valence-electron chi connectivity index (χ1n) is 6.51. The number of aromatic nitrogens is 1. The minimum atomic E-state index is -0.675. The lowest BCUT2D eigenvalue weighted by Gasteiger charge is -2.34. The van der Waals surface area contributed by atoms with Crippen LogP contribution in [0.1, 0.15) is 23.2 Å². The van der Waals surface area contributed by atoms with Crippen molar-refractivity contribution in [2.45, 2.75) is 12.8 Å². The first kappa shape index (κ1) is 15.5. The molecule has 1 saturated heterocycles. The molecule has 0 radical (unpaired) electrons. The van der Waals surface area contributed by atoms with E-state index in [0.29, 0.717) is 38.4 Å². The van der Waals surface area contributed by atoms with Crippen molar-refractivity contribution < 1.29 is 14.3 Å². The van der Waals surface area contributed by atoms with Gasteiger partial charge in [-0.05, 0) is 18.9 Å². The highest BCUT2D eigenvalue weighted by atomic mass is 35.5. The summed E-state index contributed by atoms with van der Waals surface area (Å²) in [5.41, 5.74) is 10.2. The fraction of sp³-hybridized carbons (Fsp3) is 0.462. The Morgan fingerprint density at radius 2 is 2.05 bits per heavy atom. The molecule has 5 N–H and O–H groups in total. The Hall–Kier alpha value is -1.86. The van der Waals surface area contributed by atoms with Gasteiger partial charge in [0.15, 0.2) is 0 Å². The summed E-state index contributed by atoms with van der Waals surface area (Å²) in [4.78, 5) is 26.8. The Morgan fingerprint density at radius 3 is 2.57 bits per heavy atom. The van der Waals surface area contributed by atoms with Crippen LogP contribution in [0.5, 0.6) is 0 Å². The third-order valence-electron chi connectivity index (χ3n) is 3.69. The number of nitrogens with one attached hydrogen (secondary N) is 1. The number of pyridine rings is 1. The summed E-state index contributed by atoms with van der Waals surface area (Å²) in [6.45, 7) is 1.30. The zero-order valence-corrected chi connectivity index (χ0v) is 12.2. The van der Waals surface area contributed by atoms with Crippen molar-refractivity contribution in [2.75, 3.05) is 25.1 Å². The van der Waals surface area contributed by atoms with Crippen LogP contribution in [0.15, 0.2) is 12.3 Å². The fourth-order valence-corrected chi connectivity index (χ4v) is 2.46. The number of nitrogens with zero attached hydrogens (tertiary/aromatic N) is 1. The van der Waals surface area contributed by atoms with Crippen molar-refractivity contribution in [3.05, 3.63) is 22.8 Å². The van der Waals surface area contributed by atoms with Gasteiger partial charge in [-0.2, -0.15) is 0 Å². The van der Waals surface area contributed by atoms with Gasteiger partial charge < -0.3 is 21.5 Å². The van der Waals surface area contributed by atoms with Gasteiger partial charge in [-0.3, -0.25) is 9.59 Å². The lowest BCUT2D eigenvalue weighted by Crippen LogP contribution is -2.46. The Kier molecular flexibility index (Phi) is 4.64. The Bertz CT molecular complexity index is 558. The monoisotopic (exact) mass is 312 g/mol. The summed E-state index contributed by atoms with van der Waals surface area (Å²) in [5.74, 6) is -0.592. The van der Waals surface area contributed by atoms with Crippen LogP contribution in [-0.4, -0.2) is 36.6 Å². The topological polar surface area (TPSA) is 120 Å². The van der Waals surface area contributed by atoms with E-state index < -0.39 is 11.3 Å². The molecule has 0 saturated carbocycles. The Balaban J connectivity index is 2.11. The zero-order chi connectivity index (χ0) is 15.5. The highest BCUT2D eigenvalue weighted by Crippen LogP contribution is 2.31. The Labute approximate surface area is 127 Å². The second kappa shape index (κ2) is 6.28. The molecular formula is C13H17ClN4O3. The largest absolute Gasteiger partial charge is 0.381 e. The van der Waals surface area contributed by atoms with Gasteiger partial charge in [-0.15, -0.1) is 0 Å². The van der Waals surface area contributed by atoms with Crippen LogP contribution >= 0.6 is 11.6 Å². The quantitative estimate of drug-likeness (QED) is 0.732. The van der Waals surface area contributed by atoms with Crippen LogP contribution in [0.2, 0.25) is 5.02 Å². The summed E-state index contributed by atoms with van der Waals surface area (Å²) in [6.07, 6.45) is 2.43. The number of primary amides is 2. The molecule has 0 aliphatic carbocycles. The first-order valence-corrected chi connectivity index (χ1v) is 6.89. The molecule has 21 heavy (non-hydrogen) atoms. The number of carbonyl (C=O) groups is 2. The number of ether oxygens (including phenoxy) is 1. The van der Waals surface area contributed by atoms with Crippen LogP contribution in [0, 0.1) is 5.41 Å². The maximum absolute atomic E-state index is 11.7. The number of halogens is 1. The number of anilines is 1. The molecule has 1 fully saturated rings. The molecule has 0 aromatic carbocycles. The van der Waals surface area contributed by atoms with Gasteiger partial charge in [0, 0.05) is 26.0 Å². The van der Waals surface area contributed by atoms with Gasteiger partial charge in [0.05, 0.1) is 16.0 Å². The van der Waals surface area contributed by atoms with E-state index in [9.17, 15) is 9.59 Å². The average molecular weight is 313 g/mol. The maximum atomic E-state index is 11.7. The predicted octanol–water partition coefficient (Wildman–Crippen LogP) is 0.528. The first-order chi connectivity index (χ1) is 9.94. The number of nitrogens with two attached hydrogens (primary N) is 2. The van der Waals surface area contributed by atoms with E-state index in [1.807, 2.05) is 0 Å². The Morgan fingerprint density at radius 1 is 1.38 bits per heavy atom. The molecule has 1 aliphatic heterocycles. The van der Waals surface area contributed by atoms with E-state index >= 15 is 0 Å². The summed E-state index contributed by atoms with van der Waals surface area (Å²) in [7, 11) is 0.